The number of aryl methyl sites for hydroxylation is 2. The first-order valence-electron chi connectivity index (χ1n) is 9.04. The predicted octanol–water partition coefficient (Wildman–Crippen LogP) is 2.14. The van der Waals surface area contributed by atoms with Crippen LogP contribution in [0.1, 0.15) is 37.8 Å². The maximum Gasteiger partial charge on any atom is 0.234 e. The molecular weight excluding hydrogens is 350 g/mol. The van der Waals surface area contributed by atoms with E-state index in [1.807, 2.05) is 26.0 Å². The van der Waals surface area contributed by atoms with Gasteiger partial charge in [-0.3, -0.25) is 14.4 Å². The van der Waals surface area contributed by atoms with Crippen LogP contribution in [0, 0.1) is 5.92 Å². The van der Waals surface area contributed by atoms with Gasteiger partial charge in [0.25, 0.3) is 0 Å². The van der Waals surface area contributed by atoms with E-state index in [0.717, 1.165) is 18.5 Å². The van der Waals surface area contributed by atoms with Crippen LogP contribution in [-0.4, -0.2) is 40.4 Å². The Morgan fingerprint density at radius 1 is 1.31 bits per heavy atom. The fourth-order valence-corrected chi connectivity index (χ4v) is 4.34. The minimum absolute atomic E-state index is 0.120. The number of benzene rings is 1. The molecule has 6 nitrogen and oxygen atoms in total. The Morgan fingerprint density at radius 2 is 2.08 bits per heavy atom. The fourth-order valence-electron chi connectivity index (χ4n) is 3.36. The number of amides is 3. The quantitative estimate of drug-likeness (QED) is 0.747. The standard InChI is InChI=1S/C19H25N3O3S/c1-12(2)10-22-18(25)9-16(23)21-19(22)26-11-17(24)20-15-7-6-13-4-3-5-14(13)8-15/h6-8,12,19H,3-5,9-11H2,1-2H3,(H,20,24)(H,21,23). The average Bonchev–Trinajstić information content (AvgIpc) is 3.03. The second-order valence-corrected chi connectivity index (χ2v) is 8.30. The van der Waals surface area contributed by atoms with Crippen molar-refractivity contribution in [2.75, 3.05) is 17.6 Å². The highest BCUT2D eigenvalue weighted by atomic mass is 32.2. The Morgan fingerprint density at radius 3 is 2.85 bits per heavy atom. The van der Waals surface area contributed by atoms with Crippen molar-refractivity contribution in [3.63, 3.8) is 0 Å². The van der Waals surface area contributed by atoms with Crippen molar-refractivity contribution in [1.82, 2.24) is 10.2 Å². The molecule has 1 atom stereocenters. The molecule has 140 valence electrons. The summed E-state index contributed by atoms with van der Waals surface area (Å²) < 4.78 is 0. The topological polar surface area (TPSA) is 78.5 Å². The Labute approximate surface area is 158 Å². The van der Waals surface area contributed by atoms with Crippen LogP contribution in [0.2, 0.25) is 0 Å². The lowest BCUT2D eigenvalue weighted by atomic mass is 10.1. The third-order valence-corrected chi connectivity index (χ3v) is 5.63. The molecule has 1 aromatic rings. The van der Waals surface area contributed by atoms with Crippen LogP contribution in [0.25, 0.3) is 0 Å². The van der Waals surface area contributed by atoms with Gasteiger partial charge in [-0.1, -0.05) is 19.9 Å². The van der Waals surface area contributed by atoms with Crippen molar-refractivity contribution >= 4 is 35.2 Å². The van der Waals surface area contributed by atoms with Crippen molar-refractivity contribution in [3.05, 3.63) is 29.3 Å². The third-order valence-electron chi connectivity index (χ3n) is 4.52. The van der Waals surface area contributed by atoms with Crippen LogP contribution in [0.4, 0.5) is 5.69 Å². The highest BCUT2D eigenvalue weighted by molar-refractivity contribution is 8.00. The second kappa shape index (κ2) is 8.12. The Balaban J connectivity index is 1.56. The molecule has 0 saturated carbocycles. The van der Waals surface area contributed by atoms with Crippen molar-refractivity contribution in [2.24, 2.45) is 5.92 Å². The summed E-state index contributed by atoms with van der Waals surface area (Å²) in [6, 6.07) is 6.06. The maximum atomic E-state index is 12.3. The summed E-state index contributed by atoms with van der Waals surface area (Å²) in [6.45, 7) is 4.60. The Hall–Kier alpha value is -2.02. The molecule has 0 radical (unpaired) electrons. The van der Waals surface area contributed by atoms with Crippen molar-refractivity contribution in [2.45, 2.75) is 45.0 Å². The lowest BCUT2D eigenvalue weighted by Crippen LogP contribution is -2.56. The number of fused-ring (bicyclic) bond motifs is 1. The summed E-state index contributed by atoms with van der Waals surface area (Å²) in [5.74, 6) is -0.142. The molecule has 7 heteroatoms. The van der Waals surface area contributed by atoms with E-state index in [1.165, 1.54) is 29.3 Å². The van der Waals surface area contributed by atoms with Crippen LogP contribution in [0.15, 0.2) is 18.2 Å². The zero-order valence-corrected chi connectivity index (χ0v) is 16.0. The summed E-state index contributed by atoms with van der Waals surface area (Å²) in [5.41, 5.74) is 2.99. The number of anilines is 1. The van der Waals surface area contributed by atoms with Gasteiger partial charge < -0.3 is 15.5 Å². The molecule has 1 heterocycles. The molecule has 26 heavy (non-hydrogen) atoms. The van der Waals surface area contributed by atoms with Crippen LogP contribution in [0.3, 0.4) is 0 Å². The smallest absolute Gasteiger partial charge is 0.234 e. The molecule has 0 spiro atoms. The third kappa shape index (κ3) is 4.58. The fraction of sp³-hybridized carbons (Fsp3) is 0.526. The molecule has 0 bridgehead atoms. The van der Waals surface area contributed by atoms with E-state index in [-0.39, 0.29) is 35.8 Å². The van der Waals surface area contributed by atoms with E-state index in [1.54, 1.807) is 4.90 Å². The van der Waals surface area contributed by atoms with Gasteiger partial charge in [0.1, 0.15) is 6.42 Å². The van der Waals surface area contributed by atoms with Gasteiger partial charge in [-0.05, 0) is 48.4 Å². The van der Waals surface area contributed by atoms with Gasteiger partial charge in [0, 0.05) is 12.2 Å². The normalized spacial score (nSPS) is 19.5. The van der Waals surface area contributed by atoms with E-state index in [2.05, 4.69) is 16.7 Å². The average molecular weight is 375 g/mol. The molecule has 2 aliphatic rings. The molecule has 1 fully saturated rings. The summed E-state index contributed by atoms with van der Waals surface area (Å²) in [6.07, 6.45) is 3.23. The van der Waals surface area contributed by atoms with E-state index in [0.29, 0.717) is 6.54 Å². The molecule has 3 amide bonds. The minimum atomic E-state index is -0.489. The van der Waals surface area contributed by atoms with Crippen molar-refractivity contribution in [1.29, 1.82) is 0 Å². The first-order valence-corrected chi connectivity index (χ1v) is 10.1. The van der Waals surface area contributed by atoms with E-state index in [9.17, 15) is 14.4 Å². The number of rotatable bonds is 6. The number of nitrogens with zero attached hydrogens (tertiary/aromatic N) is 1. The lowest BCUT2D eigenvalue weighted by molar-refractivity contribution is -0.142. The van der Waals surface area contributed by atoms with Crippen LogP contribution < -0.4 is 10.6 Å². The lowest BCUT2D eigenvalue weighted by Gasteiger charge is -2.36. The molecule has 3 rings (SSSR count). The van der Waals surface area contributed by atoms with Crippen LogP contribution in [0.5, 0.6) is 0 Å². The highest BCUT2D eigenvalue weighted by Gasteiger charge is 2.33. The van der Waals surface area contributed by atoms with E-state index >= 15 is 0 Å². The van der Waals surface area contributed by atoms with Crippen molar-refractivity contribution in [3.8, 4) is 0 Å². The SMILES string of the molecule is CC(C)CN1C(=O)CC(=O)NC1SCC(=O)Nc1ccc2c(c1)CCC2. The van der Waals surface area contributed by atoms with Gasteiger partial charge >= 0.3 is 0 Å². The molecular formula is C19H25N3O3S. The summed E-state index contributed by atoms with van der Waals surface area (Å²) >= 11 is 1.27. The zero-order chi connectivity index (χ0) is 18.7. The van der Waals surface area contributed by atoms with Gasteiger partial charge in [0.05, 0.1) is 5.75 Å². The Kier molecular flexibility index (Phi) is 5.86. The number of thioether (sulfide) groups is 1. The minimum Gasteiger partial charge on any atom is -0.327 e. The van der Waals surface area contributed by atoms with Gasteiger partial charge in [-0.15, -0.1) is 11.8 Å². The molecule has 1 aliphatic carbocycles. The molecule has 1 aliphatic heterocycles. The molecule has 2 N–H and O–H groups in total. The van der Waals surface area contributed by atoms with Gasteiger partial charge in [-0.2, -0.15) is 0 Å². The van der Waals surface area contributed by atoms with E-state index < -0.39 is 5.50 Å². The number of hydrogen-bond acceptors (Lipinski definition) is 4. The molecule has 1 saturated heterocycles. The van der Waals surface area contributed by atoms with Crippen molar-refractivity contribution < 1.29 is 14.4 Å². The molecule has 1 unspecified atom stereocenters. The Bertz CT molecular complexity index is 720. The predicted molar refractivity (Wildman–Crippen MR) is 103 cm³/mol. The van der Waals surface area contributed by atoms with Crippen LogP contribution in [-0.2, 0) is 27.2 Å². The monoisotopic (exact) mass is 375 g/mol. The zero-order valence-electron chi connectivity index (χ0n) is 15.2. The number of hydrogen-bond donors (Lipinski definition) is 2. The van der Waals surface area contributed by atoms with E-state index in [4.69, 9.17) is 0 Å². The number of carbonyl (C=O) groups excluding carboxylic acids is 3. The molecule has 1 aromatic carbocycles. The van der Waals surface area contributed by atoms with Gasteiger partial charge in [0.15, 0.2) is 5.50 Å². The largest absolute Gasteiger partial charge is 0.327 e. The van der Waals surface area contributed by atoms with Gasteiger partial charge in [0.2, 0.25) is 17.7 Å². The molecule has 0 aromatic heterocycles. The second-order valence-electron chi connectivity index (χ2n) is 7.23. The summed E-state index contributed by atoms with van der Waals surface area (Å²) in [7, 11) is 0. The van der Waals surface area contributed by atoms with Gasteiger partial charge in [-0.25, -0.2) is 0 Å². The highest BCUT2D eigenvalue weighted by Crippen LogP contribution is 2.25. The number of carbonyl (C=O) groups is 3. The summed E-state index contributed by atoms with van der Waals surface area (Å²) in [4.78, 5) is 37.8. The van der Waals surface area contributed by atoms with Crippen LogP contribution >= 0.6 is 11.8 Å². The first kappa shape index (κ1) is 18.8. The maximum absolute atomic E-state index is 12.3. The summed E-state index contributed by atoms with van der Waals surface area (Å²) in [5, 5.41) is 5.72. The number of nitrogens with one attached hydrogen (secondary N) is 2. The first-order chi connectivity index (χ1) is 12.4.